The Morgan fingerprint density at radius 1 is 1.71 bits per heavy atom. The molecule has 1 aromatic heterocycles. The van der Waals surface area contributed by atoms with Crippen LogP contribution in [-0.4, -0.2) is 29.3 Å². The molecule has 0 fully saturated rings. The molecule has 0 aliphatic carbocycles. The summed E-state index contributed by atoms with van der Waals surface area (Å²) < 4.78 is 7.58. The van der Waals surface area contributed by atoms with Crippen molar-refractivity contribution < 1.29 is 4.74 Å². The first-order valence-corrected chi connectivity index (χ1v) is 5.11. The summed E-state index contributed by atoms with van der Waals surface area (Å²) in [5.74, 6) is 0.450. The summed E-state index contributed by atoms with van der Waals surface area (Å²) >= 11 is 0. The molecule has 0 bridgehead atoms. The minimum absolute atomic E-state index is 0.450. The Balaban J connectivity index is 2.16. The second kappa shape index (κ2) is 4.11. The standard InChI is InChI=1S/C10H17N3O/c1-3-14-6-8-4-11-5-9-10(8)13(2)7-12-9/h7-8,11H,3-6H2,1-2H3/t8-/m1/s1. The highest BCUT2D eigenvalue weighted by Gasteiger charge is 2.23. The largest absolute Gasteiger partial charge is 0.381 e. The van der Waals surface area contributed by atoms with Crippen LogP contribution in [0.3, 0.4) is 0 Å². The second-order valence-electron chi connectivity index (χ2n) is 3.67. The molecular weight excluding hydrogens is 178 g/mol. The summed E-state index contributed by atoms with van der Waals surface area (Å²) in [6, 6.07) is 0. The zero-order chi connectivity index (χ0) is 9.97. The molecule has 0 radical (unpaired) electrons. The van der Waals surface area contributed by atoms with Gasteiger partial charge in [0.2, 0.25) is 0 Å². The molecule has 0 saturated heterocycles. The molecule has 78 valence electrons. The minimum Gasteiger partial charge on any atom is -0.381 e. The molecule has 4 nitrogen and oxygen atoms in total. The predicted octanol–water partition coefficient (Wildman–Crippen LogP) is 0.643. The van der Waals surface area contributed by atoms with Gasteiger partial charge in [0.15, 0.2) is 0 Å². The number of rotatable bonds is 3. The van der Waals surface area contributed by atoms with Crippen molar-refractivity contribution in [2.24, 2.45) is 7.05 Å². The Kier molecular flexibility index (Phi) is 2.84. The molecule has 0 spiro atoms. The van der Waals surface area contributed by atoms with Gasteiger partial charge in [-0.05, 0) is 6.92 Å². The summed E-state index contributed by atoms with van der Waals surface area (Å²) in [7, 11) is 2.05. The van der Waals surface area contributed by atoms with Gasteiger partial charge in [-0.25, -0.2) is 4.98 Å². The number of aryl methyl sites for hydroxylation is 1. The average molecular weight is 195 g/mol. The first kappa shape index (κ1) is 9.68. The van der Waals surface area contributed by atoms with Gasteiger partial charge in [0.05, 0.1) is 18.6 Å². The quantitative estimate of drug-likeness (QED) is 0.769. The molecule has 1 aliphatic heterocycles. The number of nitrogens with zero attached hydrogens (tertiary/aromatic N) is 2. The fraction of sp³-hybridized carbons (Fsp3) is 0.700. The molecule has 1 N–H and O–H groups in total. The Bertz CT molecular complexity index is 308. The first-order valence-electron chi connectivity index (χ1n) is 5.11. The number of hydrogen-bond acceptors (Lipinski definition) is 3. The molecule has 0 unspecified atom stereocenters. The van der Waals surface area contributed by atoms with Gasteiger partial charge in [0, 0.05) is 38.4 Å². The van der Waals surface area contributed by atoms with Crippen LogP contribution in [0.5, 0.6) is 0 Å². The molecule has 0 amide bonds. The molecule has 0 saturated carbocycles. The van der Waals surface area contributed by atoms with E-state index in [0.717, 1.165) is 26.3 Å². The maximum atomic E-state index is 5.47. The molecule has 4 heteroatoms. The van der Waals surface area contributed by atoms with Crippen LogP contribution < -0.4 is 5.32 Å². The lowest BCUT2D eigenvalue weighted by molar-refractivity contribution is 0.127. The third-order valence-corrected chi connectivity index (χ3v) is 2.66. The van der Waals surface area contributed by atoms with Gasteiger partial charge < -0.3 is 14.6 Å². The Morgan fingerprint density at radius 3 is 3.36 bits per heavy atom. The number of hydrogen-bond donors (Lipinski definition) is 1. The molecule has 2 rings (SSSR count). The van der Waals surface area contributed by atoms with Crippen LogP contribution in [0.15, 0.2) is 6.33 Å². The van der Waals surface area contributed by atoms with Crippen molar-refractivity contribution in [3.05, 3.63) is 17.7 Å². The minimum atomic E-state index is 0.450. The van der Waals surface area contributed by atoms with E-state index in [1.54, 1.807) is 0 Å². The highest BCUT2D eigenvalue weighted by molar-refractivity contribution is 5.21. The fourth-order valence-corrected chi connectivity index (χ4v) is 2.01. The van der Waals surface area contributed by atoms with E-state index in [4.69, 9.17) is 4.74 Å². The van der Waals surface area contributed by atoms with Crippen molar-refractivity contribution in [1.29, 1.82) is 0 Å². The molecule has 1 aromatic rings. The maximum absolute atomic E-state index is 5.47. The predicted molar refractivity (Wildman–Crippen MR) is 54.1 cm³/mol. The summed E-state index contributed by atoms with van der Waals surface area (Å²) in [4.78, 5) is 4.36. The van der Waals surface area contributed by atoms with Gasteiger partial charge in [-0.1, -0.05) is 0 Å². The number of ether oxygens (including phenoxy) is 1. The lowest BCUT2D eigenvalue weighted by Gasteiger charge is -2.23. The van der Waals surface area contributed by atoms with E-state index in [1.165, 1.54) is 11.4 Å². The van der Waals surface area contributed by atoms with E-state index in [9.17, 15) is 0 Å². The summed E-state index contributed by atoms with van der Waals surface area (Å²) in [6.45, 7) is 5.48. The third-order valence-electron chi connectivity index (χ3n) is 2.66. The van der Waals surface area contributed by atoms with Crippen molar-refractivity contribution in [1.82, 2.24) is 14.9 Å². The normalized spacial score (nSPS) is 20.9. The van der Waals surface area contributed by atoms with E-state index in [1.807, 2.05) is 13.3 Å². The van der Waals surface area contributed by atoms with E-state index < -0.39 is 0 Å². The van der Waals surface area contributed by atoms with Crippen molar-refractivity contribution in [3.8, 4) is 0 Å². The third kappa shape index (κ3) is 1.67. The van der Waals surface area contributed by atoms with Crippen molar-refractivity contribution in [2.75, 3.05) is 19.8 Å². The fourth-order valence-electron chi connectivity index (χ4n) is 2.01. The van der Waals surface area contributed by atoms with E-state index in [-0.39, 0.29) is 0 Å². The molecule has 14 heavy (non-hydrogen) atoms. The maximum Gasteiger partial charge on any atom is 0.0949 e. The highest BCUT2D eigenvalue weighted by Crippen LogP contribution is 2.22. The number of aromatic nitrogens is 2. The summed E-state index contributed by atoms with van der Waals surface area (Å²) in [5, 5.41) is 3.36. The van der Waals surface area contributed by atoms with Crippen molar-refractivity contribution >= 4 is 0 Å². The van der Waals surface area contributed by atoms with Gasteiger partial charge >= 0.3 is 0 Å². The van der Waals surface area contributed by atoms with E-state index in [2.05, 4.69) is 21.9 Å². The lowest BCUT2D eigenvalue weighted by Crippen LogP contribution is -2.31. The number of nitrogens with one attached hydrogen (secondary N) is 1. The monoisotopic (exact) mass is 195 g/mol. The van der Waals surface area contributed by atoms with Crippen molar-refractivity contribution in [2.45, 2.75) is 19.4 Å². The first-order chi connectivity index (χ1) is 6.83. The van der Waals surface area contributed by atoms with Crippen LogP contribution >= 0.6 is 0 Å². The van der Waals surface area contributed by atoms with Gasteiger partial charge in [0.1, 0.15) is 0 Å². The van der Waals surface area contributed by atoms with Crippen LogP contribution in [0.2, 0.25) is 0 Å². The lowest BCUT2D eigenvalue weighted by atomic mass is 10.0. The second-order valence-corrected chi connectivity index (χ2v) is 3.67. The van der Waals surface area contributed by atoms with Gasteiger partial charge in [-0.3, -0.25) is 0 Å². The average Bonchev–Trinajstić information content (AvgIpc) is 2.58. The number of imidazole rings is 1. The van der Waals surface area contributed by atoms with Crippen LogP contribution in [0, 0.1) is 0 Å². The molecular formula is C10H17N3O. The Morgan fingerprint density at radius 2 is 2.57 bits per heavy atom. The van der Waals surface area contributed by atoms with Crippen molar-refractivity contribution in [3.63, 3.8) is 0 Å². The molecule has 1 aliphatic rings. The van der Waals surface area contributed by atoms with Crippen LogP contribution in [-0.2, 0) is 18.3 Å². The molecule has 2 heterocycles. The topological polar surface area (TPSA) is 39.1 Å². The zero-order valence-corrected chi connectivity index (χ0v) is 8.79. The van der Waals surface area contributed by atoms with Crippen LogP contribution in [0.4, 0.5) is 0 Å². The smallest absolute Gasteiger partial charge is 0.0949 e. The molecule has 1 atom stereocenters. The Hall–Kier alpha value is -0.870. The van der Waals surface area contributed by atoms with Gasteiger partial charge in [-0.2, -0.15) is 0 Å². The highest BCUT2D eigenvalue weighted by atomic mass is 16.5. The zero-order valence-electron chi connectivity index (χ0n) is 8.79. The van der Waals surface area contributed by atoms with Crippen LogP contribution in [0.25, 0.3) is 0 Å². The summed E-state index contributed by atoms with van der Waals surface area (Å²) in [5.41, 5.74) is 2.50. The van der Waals surface area contributed by atoms with Gasteiger partial charge in [-0.15, -0.1) is 0 Å². The van der Waals surface area contributed by atoms with Crippen LogP contribution in [0.1, 0.15) is 24.2 Å². The van der Waals surface area contributed by atoms with E-state index in [0.29, 0.717) is 5.92 Å². The number of fused-ring (bicyclic) bond motifs is 1. The van der Waals surface area contributed by atoms with Gasteiger partial charge in [0.25, 0.3) is 0 Å². The molecule has 0 aromatic carbocycles. The SMILES string of the molecule is CCOC[C@H]1CNCc2ncn(C)c21. The summed E-state index contributed by atoms with van der Waals surface area (Å²) in [6.07, 6.45) is 1.89. The Labute approximate surface area is 84.3 Å². The van der Waals surface area contributed by atoms with E-state index >= 15 is 0 Å².